The monoisotopic (exact) mass is 277 g/mol. The van der Waals surface area contributed by atoms with Gasteiger partial charge in [-0.05, 0) is 6.92 Å². The third-order valence-electron chi connectivity index (χ3n) is 2.41. The highest BCUT2D eigenvalue weighted by Crippen LogP contribution is 2.18. The predicted octanol–water partition coefficient (Wildman–Crippen LogP) is 3.22. The summed E-state index contributed by atoms with van der Waals surface area (Å²) < 4.78 is 25.1. The van der Waals surface area contributed by atoms with Crippen LogP contribution in [0, 0.1) is 6.92 Å². The van der Waals surface area contributed by atoms with E-state index in [9.17, 15) is 8.78 Å². The van der Waals surface area contributed by atoms with Crippen LogP contribution >= 0.6 is 11.6 Å². The molecule has 0 aliphatic carbocycles. The number of aromatic nitrogens is 2. The lowest BCUT2D eigenvalue weighted by Crippen LogP contribution is -2.32. The first-order chi connectivity index (χ1) is 8.43. The molecule has 0 atom stereocenters. The van der Waals surface area contributed by atoms with Crippen molar-refractivity contribution in [2.24, 2.45) is 0 Å². The molecule has 0 aliphatic heterocycles. The Labute approximate surface area is 111 Å². The molecule has 6 heteroatoms. The fourth-order valence-corrected chi connectivity index (χ4v) is 1.77. The van der Waals surface area contributed by atoms with Gasteiger partial charge in [-0.2, -0.15) is 0 Å². The summed E-state index contributed by atoms with van der Waals surface area (Å²) in [6.45, 7) is 5.76. The molecule has 0 bridgehead atoms. The summed E-state index contributed by atoms with van der Waals surface area (Å²) in [5, 5.41) is 0. The van der Waals surface area contributed by atoms with E-state index in [2.05, 4.69) is 9.97 Å². The molecule has 3 nitrogen and oxygen atoms in total. The number of nitrogens with zero attached hydrogens (tertiary/aromatic N) is 3. The van der Waals surface area contributed by atoms with Crippen molar-refractivity contribution in [3.63, 3.8) is 0 Å². The second kappa shape index (κ2) is 6.83. The zero-order chi connectivity index (χ0) is 13.7. The lowest BCUT2D eigenvalue weighted by atomic mass is 10.2. The summed E-state index contributed by atoms with van der Waals surface area (Å²) in [5.74, 6) is 1.63. The van der Waals surface area contributed by atoms with Crippen LogP contribution in [-0.4, -0.2) is 35.4 Å². The quantitative estimate of drug-likeness (QED) is 0.748. The average molecular weight is 278 g/mol. The van der Waals surface area contributed by atoms with E-state index in [0.29, 0.717) is 18.2 Å². The Bertz CT molecular complexity index is 386. The van der Waals surface area contributed by atoms with E-state index in [1.807, 2.05) is 20.8 Å². The van der Waals surface area contributed by atoms with Crippen molar-refractivity contribution < 1.29 is 8.78 Å². The van der Waals surface area contributed by atoms with Gasteiger partial charge in [0.2, 0.25) is 0 Å². The van der Waals surface area contributed by atoms with E-state index in [0.717, 1.165) is 5.69 Å². The Hall–Kier alpha value is -0.970. The van der Waals surface area contributed by atoms with Gasteiger partial charge in [-0.25, -0.2) is 18.7 Å². The predicted molar refractivity (Wildman–Crippen MR) is 69.8 cm³/mol. The fourth-order valence-electron chi connectivity index (χ4n) is 1.56. The molecule has 0 aromatic carbocycles. The molecule has 0 saturated heterocycles. The van der Waals surface area contributed by atoms with Crippen LogP contribution in [0.15, 0.2) is 6.07 Å². The van der Waals surface area contributed by atoms with Crippen LogP contribution in [0.3, 0.4) is 0 Å². The smallest absolute Gasteiger partial charge is 0.255 e. The van der Waals surface area contributed by atoms with E-state index in [1.54, 1.807) is 6.07 Å². The van der Waals surface area contributed by atoms with Crippen LogP contribution in [0.4, 0.5) is 14.6 Å². The van der Waals surface area contributed by atoms with E-state index in [-0.39, 0.29) is 18.3 Å². The standard InChI is InChI=1S/C12H18ClF2N3/c1-8(2)12-16-9(3)6-11(17-12)18(5-4-13)7-10(14)15/h6,8,10H,4-5,7H2,1-3H3. The molecule has 0 unspecified atom stereocenters. The number of hydrogen-bond donors (Lipinski definition) is 0. The Morgan fingerprint density at radius 3 is 2.50 bits per heavy atom. The normalized spacial score (nSPS) is 11.3. The number of anilines is 1. The molecule has 0 saturated carbocycles. The van der Waals surface area contributed by atoms with Gasteiger partial charge in [-0.3, -0.25) is 0 Å². The second-order valence-electron chi connectivity index (χ2n) is 4.41. The summed E-state index contributed by atoms with van der Waals surface area (Å²) in [5.41, 5.74) is 0.775. The highest BCUT2D eigenvalue weighted by Gasteiger charge is 2.16. The molecule has 0 spiro atoms. The summed E-state index contributed by atoms with van der Waals surface area (Å²) in [6.07, 6.45) is -2.41. The first-order valence-corrected chi connectivity index (χ1v) is 6.42. The maximum absolute atomic E-state index is 12.5. The molecule has 0 N–H and O–H groups in total. The van der Waals surface area contributed by atoms with Crippen LogP contribution < -0.4 is 4.90 Å². The maximum Gasteiger partial charge on any atom is 0.255 e. The molecule has 102 valence electrons. The Balaban J connectivity index is 3.02. The molecule has 0 radical (unpaired) electrons. The molecule has 1 aromatic heterocycles. The van der Waals surface area contributed by atoms with Gasteiger partial charge in [0.25, 0.3) is 6.43 Å². The number of halogens is 3. The molecule has 0 aliphatic rings. The maximum atomic E-state index is 12.5. The SMILES string of the molecule is Cc1cc(N(CCCl)CC(F)F)nc(C(C)C)n1. The lowest BCUT2D eigenvalue weighted by Gasteiger charge is -2.23. The minimum Gasteiger partial charge on any atom is -0.350 e. The lowest BCUT2D eigenvalue weighted by molar-refractivity contribution is 0.155. The van der Waals surface area contributed by atoms with Crippen molar-refractivity contribution >= 4 is 17.4 Å². The molecular weight excluding hydrogens is 260 g/mol. The van der Waals surface area contributed by atoms with Gasteiger partial charge >= 0.3 is 0 Å². The van der Waals surface area contributed by atoms with E-state index >= 15 is 0 Å². The third-order valence-corrected chi connectivity index (χ3v) is 2.58. The second-order valence-corrected chi connectivity index (χ2v) is 4.78. The van der Waals surface area contributed by atoms with Gasteiger partial charge in [-0.15, -0.1) is 11.6 Å². The highest BCUT2D eigenvalue weighted by molar-refractivity contribution is 6.18. The number of rotatable bonds is 6. The van der Waals surface area contributed by atoms with Gasteiger partial charge in [0.1, 0.15) is 11.6 Å². The average Bonchev–Trinajstić information content (AvgIpc) is 2.27. The molecule has 0 fully saturated rings. The molecule has 0 amide bonds. The van der Waals surface area contributed by atoms with E-state index in [4.69, 9.17) is 11.6 Å². The van der Waals surface area contributed by atoms with Crippen molar-refractivity contribution in [1.29, 1.82) is 0 Å². The molecule has 1 aromatic rings. The van der Waals surface area contributed by atoms with Gasteiger partial charge in [0.15, 0.2) is 0 Å². The third kappa shape index (κ3) is 4.37. The highest BCUT2D eigenvalue weighted by atomic mass is 35.5. The van der Waals surface area contributed by atoms with Crippen LogP contribution in [0.1, 0.15) is 31.3 Å². The summed E-state index contributed by atoms with van der Waals surface area (Å²) >= 11 is 5.64. The van der Waals surface area contributed by atoms with Gasteiger partial charge in [0.05, 0.1) is 6.54 Å². The van der Waals surface area contributed by atoms with E-state index < -0.39 is 6.43 Å². The van der Waals surface area contributed by atoms with Crippen molar-refractivity contribution in [2.75, 3.05) is 23.9 Å². The molecular formula is C12H18ClF2N3. The zero-order valence-electron chi connectivity index (χ0n) is 10.8. The Morgan fingerprint density at radius 1 is 1.33 bits per heavy atom. The van der Waals surface area contributed by atoms with Crippen LogP contribution in [0.5, 0.6) is 0 Å². The largest absolute Gasteiger partial charge is 0.350 e. The van der Waals surface area contributed by atoms with Crippen molar-refractivity contribution in [1.82, 2.24) is 9.97 Å². The van der Waals surface area contributed by atoms with Crippen molar-refractivity contribution in [3.8, 4) is 0 Å². The summed E-state index contributed by atoms with van der Waals surface area (Å²) in [4.78, 5) is 10.1. The van der Waals surface area contributed by atoms with Crippen molar-refractivity contribution in [3.05, 3.63) is 17.6 Å². The molecule has 18 heavy (non-hydrogen) atoms. The van der Waals surface area contributed by atoms with E-state index in [1.165, 1.54) is 4.90 Å². The van der Waals surface area contributed by atoms with Crippen molar-refractivity contribution in [2.45, 2.75) is 33.1 Å². The number of alkyl halides is 3. The van der Waals surface area contributed by atoms with Crippen LogP contribution in [0.25, 0.3) is 0 Å². The Kier molecular flexibility index (Phi) is 5.72. The topological polar surface area (TPSA) is 29.0 Å². The minimum absolute atomic E-state index is 0.160. The number of aryl methyl sites for hydroxylation is 1. The van der Waals surface area contributed by atoms with Gasteiger partial charge in [-0.1, -0.05) is 13.8 Å². The first kappa shape index (κ1) is 15.1. The van der Waals surface area contributed by atoms with Gasteiger partial charge in [0, 0.05) is 30.1 Å². The molecule has 1 heterocycles. The first-order valence-electron chi connectivity index (χ1n) is 5.88. The minimum atomic E-state index is -2.41. The fraction of sp³-hybridized carbons (Fsp3) is 0.667. The summed E-state index contributed by atoms with van der Waals surface area (Å²) in [7, 11) is 0. The number of hydrogen-bond acceptors (Lipinski definition) is 3. The zero-order valence-corrected chi connectivity index (χ0v) is 11.6. The Morgan fingerprint density at radius 2 is 2.00 bits per heavy atom. The molecule has 1 rings (SSSR count). The summed E-state index contributed by atoms with van der Waals surface area (Å²) in [6, 6.07) is 1.71. The van der Waals surface area contributed by atoms with Gasteiger partial charge < -0.3 is 4.90 Å². The van der Waals surface area contributed by atoms with Crippen LogP contribution in [-0.2, 0) is 0 Å². The van der Waals surface area contributed by atoms with Crippen LogP contribution in [0.2, 0.25) is 0 Å².